The van der Waals surface area contributed by atoms with Crippen molar-refractivity contribution in [2.75, 3.05) is 6.61 Å². The van der Waals surface area contributed by atoms with Gasteiger partial charge >= 0.3 is 5.97 Å². The first-order valence-corrected chi connectivity index (χ1v) is 4.72. The smallest absolute Gasteiger partial charge is 0.325 e. The van der Waals surface area contributed by atoms with Crippen molar-refractivity contribution in [2.24, 2.45) is 0 Å². The lowest BCUT2D eigenvalue weighted by molar-refractivity contribution is -0.143. The number of hydrogen-bond donors (Lipinski definition) is 0. The van der Waals surface area contributed by atoms with E-state index in [4.69, 9.17) is 10.00 Å². The average Bonchev–Trinajstić information content (AvgIpc) is 2.23. The van der Waals surface area contributed by atoms with Gasteiger partial charge in [0.25, 0.3) is 5.56 Å². The molecular formula is C10H11N3O3. The van der Waals surface area contributed by atoms with Crippen molar-refractivity contribution >= 4 is 5.97 Å². The third-order valence-corrected chi connectivity index (χ3v) is 2.04. The largest absolute Gasteiger partial charge is 0.465 e. The van der Waals surface area contributed by atoms with Crippen LogP contribution in [0.2, 0.25) is 0 Å². The van der Waals surface area contributed by atoms with E-state index in [1.165, 1.54) is 10.9 Å². The highest BCUT2D eigenvalue weighted by Gasteiger charge is 2.10. The molecule has 0 atom stereocenters. The van der Waals surface area contributed by atoms with E-state index in [0.717, 1.165) is 0 Å². The SMILES string of the molecule is CCOC(=O)Cn1cnc(=O)c(C#N)c1C. The Balaban J connectivity index is 3.04. The third kappa shape index (κ3) is 2.45. The van der Waals surface area contributed by atoms with Crippen molar-refractivity contribution in [3.8, 4) is 6.07 Å². The number of esters is 1. The van der Waals surface area contributed by atoms with Crippen molar-refractivity contribution in [3.63, 3.8) is 0 Å². The molecule has 1 aromatic heterocycles. The van der Waals surface area contributed by atoms with Crippen LogP contribution >= 0.6 is 0 Å². The van der Waals surface area contributed by atoms with E-state index in [9.17, 15) is 9.59 Å². The van der Waals surface area contributed by atoms with Crippen LogP contribution in [0, 0.1) is 18.3 Å². The van der Waals surface area contributed by atoms with Gasteiger partial charge < -0.3 is 9.30 Å². The van der Waals surface area contributed by atoms with Crippen LogP contribution in [0.15, 0.2) is 11.1 Å². The molecule has 0 saturated carbocycles. The molecule has 1 aromatic rings. The minimum absolute atomic E-state index is 0.0493. The van der Waals surface area contributed by atoms with Crippen molar-refractivity contribution < 1.29 is 9.53 Å². The van der Waals surface area contributed by atoms with Gasteiger partial charge in [0.05, 0.1) is 12.9 Å². The van der Waals surface area contributed by atoms with Gasteiger partial charge in [-0.15, -0.1) is 0 Å². The van der Waals surface area contributed by atoms with E-state index in [0.29, 0.717) is 5.69 Å². The fraction of sp³-hybridized carbons (Fsp3) is 0.400. The molecule has 0 fully saturated rings. The third-order valence-electron chi connectivity index (χ3n) is 2.04. The van der Waals surface area contributed by atoms with Crippen LogP contribution in [0.5, 0.6) is 0 Å². The molecule has 16 heavy (non-hydrogen) atoms. The summed E-state index contributed by atoms with van der Waals surface area (Å²) in [6.45, 7) is 3.52. The minimum atomic E-state index is -0.583. The van der Waals surface area contributed by atoms with Gasteiger partial charge in [0.1, 0.15) is 18.2 Å². The second kappa shape index (κ2) is 5.07. The number of rotatable bonds is 3. The Labute approximate surface area is 92.1 Å². The van der Waals surface area contributed by atoms with Gasteiger partial charge in [-0.05, 0) is 13.8 Å². The van der Waals surface area contributed by atoms with E-state index in [1.54, 1.807) is 19.9 Å². The first-order valence-electron chi connectivity index (χ1n) is 4.72. The van der Waals surface area contributed by atoms with Crippen LogP contribution in [0.1, 0.15) is 18.2 Å². The molecule has 0 spiro atoms. The Morgan fingerprint density at radius 3 is 2.94 bits per heavy atom. The summed E-state index contributed by atoms with van der Waals surface area (Å²) in [4.78, 5) is 25.9. The normalized spacial score (nSPS) is 9.56. The molecule has 0 N–H and O–H groups in total. The van der Waals surface area contributed by atoms with Crippen LogP contribution in [0.25, 0.3) is 0 Å². The number of carbonyl (C=O) groups excluding carboxylic acids is 1. The summed E-state index contributed by atoms with van der Waals surface area (Å²) in [5.41, 5.74) is -0.220. The number of ether oxygens (including phenoxy) is 1. The number of aromatic nitrogens is 2. The van der Waals surface area contributed by atoms with Crippen LogP contribution < -0.4 is 5.56 Å². The lowest BCUT2D eigenvalue weighted by Gasteiger charge is -2.09. The molecule has 0 bridgehead atoms. The highest BCUT2D eigenvalue weighted by atomic mass is 16.5. The average molecular weight is 221 g/mol. The molecule has 0 aromatic carbocycles. The molecule has 1 rings (SSSR count). The molecule has 0 aliphatic heterocycles. The summed E-state index contributed by atoms with van der Waals surface area (Å²) in [5, 5.41) is 8.74. The van der Waals surface area contributed by atoms with Crippen molar-refractivity contribution in [1.82, 2.24) is 9.55 Å². The van der Waals surface area contributed by atoms with Gasteiger partial charge in [-0.1, -0.05) is 0 Å². The molecule has 0 amide bonds. The van der Waals surface area contributed by atoms with Crippen LogP contribution in [-0.4, -0.2) is 22.1 Å². The maximum atomic E-state index is 11.2. The molecule has 6 nitrogen and oxygen atoms in total. The summed E-state index contributed by atoms with van der Waals surface area (Å²) in [6.07, 6.45) is 1.23. The standard InChI is InChI=1S/C10H11N3O3/c1-3-16-9(14)5-13-6-12-10(15)8(4-11)7(13)2/h6H,3,5H2,1-2H3. The van der Waals surface area contributed by atoms with E-state index < -0.39 is 11.5 Å². The fourth-order valence-corrected chi connectivity index (χ4v) is 1.21. The summed E-state index contributed by atoms with van der Waals surface area (Å²) in [7, 11) is 0. The first kappa shape index (κ1) is 11.9. The molecule has 6 heteroatoms. The molecule has 0 aliphatic carbocycles. The Kier molecular flexibility index (Phi) is 3.78. The summed E-state index contributed by atoms with van der Waals surface area (Å²) < 4.78 is 6.17. The topological polar surface area (TPSA) is 85.0 Å². The van der Waals surface area contributed by atoms with Gasteiger partial charge in [0, 0.05) is 5.69 Å². The maximum absolute atomic E-state index is 11.2. The number of carbonyl (C=O) groups is 1. The summed E-state index contributed by atoms with van der Waals surface area (Å²) >= 11 is 0. The summed E-state index contributed by atoms with van der Waals surface area (Å²) in [6, 6.07) is 1.76. The Morgan fingerprint density at radius 1 is 1.69 bits per heavy atom. The molecular weight excluding hydrogens is 210 g/mol. The van der Waals surface area contributed by atoms with Gasteiger partial charge in [0.15, 0.2) is 0 Å². The predicted molar refractivity (Wildman–Crippen MR) is 54.6 cm³/mol. The highest BCUT2D eigenvalue weighted by Crippen LogP contribution is 2.00. The lowest BCUT2D eigenvalue weighted by Crippen LogP contribution is -2.22. The van der Waals surface area contributed by atoms with Crippen LogP contribution in [0.4, 0.5) is 0 Å². The van der Waals surface area contributed by atoms with Gasteiger partial charge in [0.2, 0.25) is 0 Å². The molecule has 0 unspecified atom stereocenters. The van der Waals surface area contributed by atoms with Crippen molar-refractivity contribution in [3.05, 3.63) is 27.9 Å². The van der Waals surface area contributed by atoms with Gasteiger partial charge in [-0.2, -0.15) is 10.2 Å². The fourth-order valence-electron chi connectivity index (χ4n) is 1.21. The minimum Gasteiger partial charge on any atom is -0.465 e. The predicted octanol–water partition coefficient (Wildman–Crippen LogP) is -0.0135. The van der Waals surface area contributed by atoms with Crippen LogP contribution in [-0.2, 0) is 16.1 Å². The molecule has 0 aliphatic rings. The number of nitrogens with zero attached hydrogens (tertiary/aromatic N) is 3. The highest BCUT2D eigenvalue weighted by molar-refractivity contribution is 5.69. The van der Waals surface area contributed by atoms with E-state index in [1.807, 2.05) is 0 Å². The zero-order chi connectivity index (χ0) is 12.1. The second-order valence-corrected chi connectivity index (χ2v) is 3.05. The van der Waals surface area contributed by atoms with E-state index >= 15 is 0 Å². The zero-order valence-electron chi connectivity index (χ0n) is 9.06. The number of hydrogen-bond acceptors (Lipinski definition) is 5. The molecule has 1 heterocycles. The Hall–Kier alpha value is -2.16. The van der Waals surface area contributed by atoms with Crippen LogP contribution in [0.3, 0.4) is 0 Å². The van der Waals surface area contributed by atoms with Crippen molar-refractivity contribution in [2.45, 2.75) is 20.4 Å². The monoisotopic (exact) mass is 221 g/mol. The first-order chi connectivity index (χ1) is 7.60. The quantitative estimate of drug-likeness (QED) is 0.670. The second-order valence-electron chi connectivity index (χ2n) is 3.05. The van der Waals surface area contributed by atoms with Crippen molar-refractivity contribution in [1.29, 1.82) is 5.26 Å². The zero-order valence-corrected chi connectivity index (χ0v) is 9.06. The lowest BCUT2D eigenvalue weighted by atomic mass is 10.2. The Bertz CT molecular complexity index is 499. The summed E-state index contributed by atoms with van der Waals surface area (Å²) in [5.74, 6) is -0.431. The van der Waals surface area contributed by atoms with E-state index in [-0.39, 0.29) is 18.7 Å². The Morgan fingerprint density at radius 2 is 2.38 bits per heavy atom. The number of nitriles is 1. The molecule has 84 valence electrons. The van der Waals surface area contributed by atoms with Gasteiger partial charge in [-0.3, -0.25) is 9.59 Å². The van der Waals surface area contributed by atoms with Gasteiger partial charge in [-0.25, -0.2) is 0 Å². The maximum Gasteiger partial charge on any atom is 0.325 e. The van der Waals surface area contributed by atoms with E-state index in [2.05, 4.69) is 4.98 Å². The molecule has 0 saturated heterocycles. The molecule has 0 radical (unpaired) electrons.